The fourth-order valence-electron chi connectivity index (χ4n) is 1.89. The second-order valence-corrected chi connectivity index (χ2v) is 3.90. The molecule has 1 amide bonds. The van der Waals surface area contributed by atoms with Crippen molar-refractivity contribution in [2.45, 2.75) is 0 Å². The van der Waals surface area contributed by atoms with Crippen LogP contribution in [0.1, 0.15) is 10.4 Å². The highest BCUT2D eigenvalue weighted by atomic mass is 16.1. The zero-order valence-electron chi connectivity index (χ0n) is 9.42. The van der Waals surface area contributed by atoms with Gasteiger partial charge in [-0.1, -0.05) is 12.1 Å². The van der Waals surface area contributed by atoms with Crippen LogP contribution in [0.2, 0.25) is 0 Å². The van der Waals surface area contributed by atoms with E-state index < -0.39 is 5.91 Å². The summed E-state index contributed by atoms with van der Waals surface area (Å²) >= 11 is 0. The van der Waals surface area contributed by atoms with Crippen LogP contribution < -0.4 is 5.73 Å². The molecule has 0 fully saturated rings. The molecular formula is C13H10N4O. The van der Waals surface area contributed by atoms with Crippen molar-refractivity contribution in [3.05, 3.63) is 48.4 Å². The van der Waals surface area contributed by atoms with E-state index in [-0.39, 0.29) is 0 Å². The van der Waals surface area contributed by atoms with Gasteiger partial charge in [-0.15, -0.1) is 0 Å². The number of carbonyl (C=O) groups is 1. The van der Waals surface area contributed by atoms with E-state index in [2.05, 4.69) is 15.0 Å². The monoisotopic (exact) mass is 238 g/mol. The standard InChI is InChI=1S/C13H10N4O/c14-12(18)9-3-1-8(2-4-9)11-10-5-6-15-13(10)17-7-16-11/h1-7H,(H2,14,18)(H,15,16,17). The smallest absolute Gasteiger partial charge is 0.248 e. The number of nitrogens with one attached hydrogen (secondary N) is 1. The average molecular weight is 238 g/mol. The van der Waals surface area contributed by atoms with E-state index >= 15 is 0 Å². The summed E-state index contributed by atoms with van der Waals surface area (Å²) in [4.78, 5) is 22.5. The van der Waals surface area contributed by atoms with Crippen molar-refractivity contribution in [1.29, 1.82) is 0 Å². The number of carbonyl (C=O) groups excluding carboxylic acids is 1. The van der Waals surface area contributed by atoms with Gasteiger partial charge in [0.15, 0.2) is 0 Å². The molecule has 0 radical (unpaired) electrons. The maximum absolute atomic E-state index is 11.0. The number of primary amides is 1. The van der Waals surface area contributed by atoms with Gasteiger partial charge < -0.3 is 10.7 Å². The molecule has 0 aliphatic rings. The van der Waals surface area contributed by atoms with Gasteiger partial charge in [0.2, 0.25) is 5.91 Å². The van der Waals surface area contributed by atoms with Gasteiger partial charge >= 0.3 is 0 Å². The lowest BCUT2D eigenvalue weighted by molar-refractivity contribution is 0.100. The third-order valence-corrected chi connectivity index (χ3v) is 2.80. The molecule has 88 valence electrons. The molecule has 0 atom stereocenters. The summed E-state index contributed by atoms with van der Waals surface area (Å²) in [7, 11) is 0. The van der Waals surface area contributed by atoms with Gasteiger partial charge in [-0.25, -0.2) is 9.97 Å². The summed E-state index contributed by atoms with van der Waals surface area (Å²) < 4.78 is 0. The summed E-state index contributed by atoms with van der Waals surface area (Å²) in [5.41, 5.74) is 8.24. The molecule has 2 aromatic heterocycles. The van der Waals surface area contributed by atoms with Crippen molar-refractivity contribution in [2.75, 3.05) is 0 Å². The van der Waals surface area contributed by atoms with E-state index in [1.165, 1.54) is 6.33 Å². The Morgan fingerprint density at radius 2 is 1.89 bits per heavy atom. The van der Waals surface area contributed by atoms with E-state index in [0.29, 0.717) is 5.56 Å². The lowest BCUT2D eigenvalue weighted by atomic mass is 10.1. The lowest BCUT2D eigenvalue weighted by Gasteiger charge is -2.02. The molecule has 0 saturated heterocycles. The molecule has 3 rings (SSSR count). The third kappa shape index (κ3) is 1.62. The highest BCUT2D eigenvalue weighted by Crippen LogP contribution is 2.24. The first-order chi connectivity index (χ1) is 8.75. The van der Waals surface area contributed by atoms with Crippen LogP contribution in [0.15, 0.2) is 42.9 Å². The molecule has 0 unspecified atom stereocenters. The quantitative estimate of drug-likeness (QED) is 0.712. The largest absolute Gasteiger partial charge is 0.366 e. The van der Waals surface area contributed by atoms with Crippen molar-refractivity contribution >= 4 is 16.9 Å². The first kappa shape index (κ1) is 10.5. The first-order valence-electron chi connectivity index (χ1n) is 5.44. The Morgan fingerprint density at radius 1 is 1.11 bits per heavy atom. The van der Waals surface area contributed by atoms with Crippen LogP contribution in [0, 0.1) is 0 Å². The zero-order valence-corrected chi connectivity index (χ0v) is 9.42. The van der Waals surface area contributed by atoms with Gasteiger partial charge in [0.05, 0.1) is 5.69 Å². The lowest BCUT2D eigenvalue weighted by Crippen LogP contribution is -2.10. The minimum atomic E-state index is -0.434. The number of fused-ring (bicyclic) bond motifs is 1. The Labute approximate surface area is 103 Å². The van der Waals surface area contributed by atoms with Crippen LogP contribution in [0.3, 0.4) is 0 Å². The van der Waals surface area contributed by atoms with Crippen LogP contribution in [-0.2, 0) is 0 Å². The summed E-state index contributed by atoms with van der Waals surface area (Å²) in [6.45, 7) is 0. The SMILES string of the molecule is NC(=O)c1ccc(-c2ncnc3[nH]ccc23)cc1. The van der Waals surface area contributed by atoms with Gasteiger partial charge in [0.25, 0.3) is 0 Å². The van der Waals surface area contributed by atoms with Crippen LogP contribution in [-0.4, -0.2) is 20.9 Å². The molecule has 3 aromatic rings. The Morgan fingerprint density at radius 3 is 2.61 bits per heavy atom. The van der Waals surface area contributed by atoms with E-state index in [0.717, 1.165) is 22.3 Å². The number of benzene rings is 1. The highest BCUT2D eigenvalue weighted by molar-refractivity contribution is 5.94. The number of hydrogen-bond acceptors (Lipinski definition) is 3. The molecule has 18 heavy (non-hydrogen) atoms. The molecule has 0 spiro atoms. The average Bonchev–Trinajstić information content (AvgIpc) is 2.87. The molecular weight excluding hydrogens is 228 g/mol. The van der Waals surface area contributed by atoms with Crippen molar-refractivity contribution in [3.8, 4) is 11.3 Å². The van der Waals surface area contributed by atoms with E-state index in [1.807, 2.05) is 24.4 Å². The second-order valence-electron chi connectivity index (χ2n) is 3.90. The first-order valence-corrected chi connectivity index (χ1v) is 5.44. The van der Waals surface area contributed by atoms with Crippen LogP contribution in [0.25, 0.3) is 22.3 Å². The van der Waals surface area contributed by atoms with Crippen LogP contribution >= 0.6 is 0 Å². The summed E-state index contributed by atoms with van der Waals surface area (Å²) in [5.74, 6) is -0.434. The summed E-state index contributed by atoms with van der Waals surface area (Å²) in [5, 5.41) is 0.948. The minimum Gasteiger partial charge on any atom is -0.366 e. The third-order valence-electron chi connectivity index (χ3n) is 2.80. The molecule has 5 heteroatoms. The minimum absolute atomic E-state index is 0.434. The van der Waals surface area contributed by atoms with E-state index in [1.54, 1.807) is 12.1 Å². The van der Waals surface area contributed by atoms with Gasteiger partial charge in [-0.3, -0.25) is 4.79 Å². The van der Waals surface area contributed by atoms with Gasteiger partial charge in [0.1, 0.15) is 12.0 Å². The molecule has 2 heterocycles. The fourth-order valence-corrected chi connectivity index (χ4v) is 1.89. The maximum Gasteiger partial charge on any atom is 0.248 e. The molecule has 0 saturated carbocycles. The molecule has 5 nitrogen and oxygen atoms in total. The van der Waals surface area contributed by atoms with Crippen molar-refractivity contribution in [2.24, 2.45) is 5.73 Å². The van der Waals surface area contributed by atoms with Crippen molar-refractivity contribution in [3.63, 3.8) is 0 Å². The highest BCUT2D eigenvalue weighted by Gasteiger charge is 2.07. The van der Waals surface area contributed by atoms with Gasteiger partial charge in [-0.05, 0) is 18.2 Å². The van der Waals surface area contributed by atoms with Crippen molar-refractivity contribution < 1.29 is 4.79 Å². The Balaban J connectivity index is 2.14. The van der Waals surface area contributed by atoms with E-state index in [9.17, 15) is 4.79 Å². The second kappa shape index (κ2) is 3.96. The molecule has 3 N–H and O–H groups in total. The Bertz CT molecular complexity index is 715. The van der Waals surface area contributed by atoms with Crippen molar-refractivity contribution in [1.82, 2.24) is 15.0 Å². The Kier molecular flexibility index (Phi) is 2.30. The number of nitrogens with two attached hydrogens (primary N) is 1. The number of nitrogens with zero attached hydrogens (tertiary/aromatic N) is 2. The van der Waals surface area contributed by atoms with Gasteiger partial charge in [-0.2, -0.15) is 0 Å². The normalized spacial score (nSPS) is 10.7. The zero-order chi connectivity index (χ0) is 12.5. The number of aromatic amines is 1. The summed E-state index contributed by atoms with van der Waals surface area (Å²) in [6.07, 6.45) is 3.33. The van der Waals surface area contributed by atoms with Crippen LogP contribution in [0.4, 0.5) is 0 Å². The van der Waals surface area contributed by atoms with E-state index in [4.69, 9.17) is 5.73 Å². The molecule has 0 aliphatic carbocycles. The number of hydrogen-bond donors (Lipinski definition) is 2. The molecule has 0 bridgehead atoms. The number of rotatable bonds is 2. The van der Waals surface area contributed by atoms with Crippen LogP contribution in [0.5, 0.6) is 0 Å². The summed E-state index contributed by atoms with van der Waals surface area (Å²) in [6, 6.07) is 8.97. The number of amides is 1. The maximum atomic E-state index is 11.0. The van der Waals surface area contributed by atoms with Gasteiger partial charge in [0, 0.05) is 22.7 Å². The topological polar surface area (TPSA) is 84.7 Å². The fraction of sp³-hybridized carbons (Fsp3) is 0. The number of aromatic nitrogens is 3. The molecule has 0 aliphatic heterocycles. The predicted molar refractivity (Wildman–Crippen MR) is 67.8 cm³/mol. The number of H-pyrrole nitrogens is 1. The Hall–Kier alpha value is -2.69. The molecule has 1 aromatic carbocycles. The predicted octanol–water partition coefficient (Wildman–Crippen LogP) is 1.72.